The summed E-state index contributed by atoms with van der Waals surface area (Å²) >= 11 is 0. The van der Waals surface area contributed by atoms with Crippen molar-refractivity contribution in [2.24, 2.45) is 5.73 Å². The van der Waals surface area contributed by atoms with Crippen LogP contribution in [0.25, 0.3) is 0 Å². The first kappa shape index (κ1) is 37.6. The molecule has 0 aromatic heterocycles. The topological polar surface area (TPSA) is 173 Å². The second-order valence-electron chi connectivity index (χ2n) is 13.4. The Hall–Kier alpha value is -5.61. The fraction of sp³-hybridized carbons (Fsp3) is 0.282. The Morgan fingerprint density at radius 1 is 0.846 bits per heavy atom. The molecule has 0 radical (unpaired) electrons. The Bertz CT molecular complexity index is 1840. The predicted molar refractivity (Wildman–Crippen MR) is 198 cm³/mol. The summed E-state index contributed by atoms with van der Waals surface area (Å²) in [6.45, 7) is 5.45. The van der Waals surface area contributed by atoms with Crippen molar-refractivity contribution in [2.45, 2.75) is 63.5 Å². The van der Waals surface area contributed by atoms with E-state index in [1.165, 1.54) is 4.90 Å². The molecule has 5 N–H and O–H groups in total. The van der Waals surface area contributed by atoms with Gasteiger partial charge in [0.1, 0.15) is 35.0 Å². The van der Waals surface area contributed by atoms with Crippen LogP contribution in [0.15, 0.2) is 115 Å². The number of likely N-dealkylation sites (tertiary alicyclic amines) is 1. The quantitative estimate of drug-likeness (QED) is 0.0681. The van der Waals surface area contributed by atoms with Crippen molar-refractivity contribution in [2.75, 3.05) is 6.54 Å². The standard InChI is InChI=1S/C39H44N5O7P/c1-39(2,3)49-38(47)42-32(26-27-14-7-4-8-15-27)37(46)44-25-13-20-33(44)35(45)43-36(29-23-21-28(22-24-29)34(40)41)52(48,50-30-16-9-5-10-17-30)51-31-18-11-6-12-19-31/h4-12,14-19,21-24,32-33,36H,13,20,25-26H2,1-3H3,(H3,40,41)(H,42,47)(H,43,45)/t32-,33+,36?/m1/s1. The van der Waals surface area contributed by atoms with Crippen molar-refractivity contribution in [3.8, 4) is 11.5 Å². The molecule has 1 heterocycles. The zero-order valence-electron chi connectivity index (χ0n) is 29.4. The molecule has 0 spiro atoms. The molecule has 4 aromatic rings. The van der Waals surface area contributed by atoms with Crippen molar-refractivity contribution >= 4 is 31.3 Å². The van der Waals surface area contributed by atoms with Gasteiger partial charge in [-0.2, -0.15) is 0 Å². The minimum atomic E-state index is -4.37. The van der Waals surface area contributed by atoms with E-state index in [4.69, 9.17) is 24.9 Å². The molecule has 12 nitrogen and oxygen atoms in total. The number of hydrogen-bond acceptors (Lipinski definition) is 8. The number of carbonyl (C=O) groups is 3. The van der Waals surface area contributed by atoms with Gasteiger partial charge in [-0.25, -0.2) is 9.36 Å². The highest BCUT2D eigenvalue weighted by Crippen LogP contribution is 2.59. The van der Waals surface area contributed by atoms with E-state index in [1.54, 1.807) is 106 Å². The van der Waals surface area contributed by atoms with E-state index in [9.17, 15) is 14.4 Å². The first-order chi connectivity index (χ1) is 24.8. The van der Waals surface area contributed by atoms with Gasteiger partial charge in [0.25, 0.3) is 0 Å². The number of amides is 3. The molecule has 1 unspecified atom stereocenters. The third-order valence-electron chi connectivity index (χ3n) is 8.19. The first-order valence-corrected chi connectivity index (χ1v) is 18.6. The lowest BCUT2D eigenvalue weighted by molar-refractivity contribution is -0.140. The number of benzene rings is 4. The Morgan fingerprint density at radius 2 is 1.38 bits per heavy atom. The van der Waals surface area contributed by atoms with E-state index in [0.717, 1.165) is 5.56 Å². The molecular weight excluding hydrogens is 681 g/mol. The van der Waals surface area contributed by atoms with E-state index in [1.807, 2.05) is 30.3 Å². The summed E-state index contributed by atoms with van der Waals surface area (Å²) in [5.41, 5.74) is 6.50. The Morgan fingerprint density at radius 3 is 1.90 bits per heavy atom. The molecule has 0 saturated carbocycles. The minimum Gasteiger partial charge on any atom is -0.444 e. The average molecular weight is 726 g/mol. The number of carbonyl (C=O) groups excluding carboxylic acids is 3. The van der Waals surface area contributed by atoms with Crippen LogP contribution in [0, 0.1) is 5.41 Å². The van der Waals surface area contributed by atoms with E-state index < -0.39 is 49.0 Å². The van der Waals surface area contributed by atoms with Gasteiger partial charge in [0.2, 0.25) is 11.8 Å². The first-order valence-electron chi connectivity index (χ1n) is 17.0. The molecule has 1 fully saturated rings. The number of alkyl carbamates (subject to hydrolysis) is 1. The maximum atomic E-state index is 15.1. The van der Waals surface area contributed by atoms with Crippen LogP contribution in [0.1, 0.15) is 56.1 Å². The lowest BCUT2D eigenvalue weighted by atomic mass is 10.0. The van der Waals surface area contributed by atoms with Gasteiger partial charge < -0.3 is 35.1 Å². The van der Waals surface area contributed by atoms with E-state index >= 15 is 4.57 Å². The molecule has 5 rings (SSSR count). The Kier molecular flexibility index (Phi) is 12.0. The highest BCUT2D eigenvalue weighted by atomic mass is 31.2. The van der Waals surface area contributed by atoms with Crippen LogP contribution in [0.4, 0.5) is 4.79 Å². The number of nitrogens with zero attached hydrogens (tertiary/aromatic N) is 1. The SMILES string of the molecule is CC(C)(C)OC(=O)N[C@H](Cc1ccccc1)C(=O)N1CCC[C@H]1C(=O)NC(c1ccc(C(=N)N)cc1)P(=O)(Oc1ccccc1)Oc1ccccc1. The van der Waals surface area contributed by atoms with Crippen LogP contribution in [0.2, 0.25) is 0 Å². The van der Waals surface area contributed by atoms with Gasteiger partial charge in [-0.05, 0) is 69.0 Å². The normalized spacial score (nSPS) is 15.5. The summed E-state index contributed by atoms with van der Waals surface area (Å²) in [7, 11) is -4.37. The van der Waals surface area contributed by atoms with Crippen LogP contribution in [-0.4, -0.2) is 52.9 Å². The van der Waals surface area contributed by atoms with Crippen molar-refractivity contribution in [3.63, 3.8) is 0 Å². The van der Waals surface area contributed by atoms with E-state index in [2.05, 4.69) is 10.6 Å². The molecule has 0 bridgehead atoms. The summed E-state index contributed by atoms with van der Waals surface area (Å²) in [4.78, 5) is 43.0. The second kappa shape index (κ2) is 16.6. The summed E-state index contributed by atoms with van der Waals surface area (Å²) < 4.78 is 32.9. The van der Waals surface area contributed by atoms with Gasteiger partial charge in [0, 0.05) is 18.5 Å². The zero-order valence-corrected chi connectivity index (χ0v) is 30.3. The number of ether oxygens (including phenoxy) is 1. The van der Waals surface area contributed by atoms with Crippen molar-refractivity contribution in [3.05, 3.63) is 132 Å². The van der Waals surface area contributed by atoms with Gasteiger partial charge in [-0.15, -0.1) is 0 Å². The number of rotatable bonds is 13. The van der Waals surface area contributed by atoms with Crippen LogP contribution in [-0.2, 0) is 25.3 Å². The summed E-state index contributed by atoms with van der Waals surface area (Å²) in [5.74, 6) is -2.08. The van der Waals surface area contributed by atoms with E-state index in [-0.39, 0.29) is 30.3 Å². The highest BCUT2D eigenvalue weighted by molar-refractivity contribution is 7.55. The molecule has 1 aliphatic rings. The predicted octanol–water partition coefficient (Wildman–Crippen LogP) is 6.56. The van der Waals surface area contributed by atoms with Gasteiger partial charge >= 0.3 is 13.7 Å². The molecule has 13 heteroatoms. The number of nitrogens with two attached hydrogens (primary N) is 1. The van der Waals surface area contributed by atoms with Gasteiger partial charge in [0.15, 0.2) is 5.78 Å². The molecule has 272 valence electrons. The summed E-state index contributed by atoms with van der Waals surface area (Å²) in [6.07, 6.45) is 0.250. The lowest BCUT2D eigenvalue weighted by Gasteiger charge is -2.32. The molecular formula is C39H44N5O7P. The zero-order chi connectivity index (χ0) is 37.3. The number of para-hydroxylation sites is 2. The van der Waals surface area contributed by atoms with Crippen LogP contribution in [0.5, 0.6) is 11.5 Å². The fourth-order valence-electron chi connectivity index (χ4n) is 5.80. The Balaban J connectivity index is 1.48. The number of hydrogen-bond donors (Lipinski definition) is 4. The molecule has 3 atom stereocenters. The van der Waals surface area contributed by atoms with E-state index in [0.29, 0.717) is 24.0 Å². The minimum absolute atomic E-state index is 0.165. The maximum Gasteiger partial charge on any atom is 0.457 e. The molecule has 52 heavy (non-hydrogen) atoms. The molecule has 0 aliphatic carbocycles. The lowest BCUT2D eigenvalue weighted by Crippen LogP contribution is -2.55. The van der Waals surface area contributed by atoms with Gasteiger partial charge in [-0.3, -0.25) is 15.0 Å². The molecule has 1 saturated heterocycles. The van der Waals surface area contributed by atoms with Crippen molar-refractivity contribution in [1.82, 2.24) is 15.5 Å². The maximum absolute atomic E-state index is 15.1. The average Bonchev–Trinajstić information content (AvgIpc) is 3.61. The van der Waals surface area contributed by atoms with Crippen LogP contribution < -0.4 is 25.4 Å². The largest absolute Gasteiger partial charge is 0.457 e. The highest BCUT2D eigenvalue weighted by Gasteiger charge is 2.45. The molecule has 4 aromatic carbocycles. The summed E-state index contributed by atoms with van der Waals surface area (Å²) in [5, 5.41) is 13.5. The van der Waals surface area contributed by atoms with Gasteiger partial charge in [0.05, 0.1) is 0 Å². The molecule has 3 amide bonds. The number of nitrogen functional groups attached to an aromatic ring is 1. The number of nitrogens with one attached hydrogen (secondary N) is 3. The second-order valence-corrected chi connectivity index (χ2v) is 15.3. The van der Waals surface area contributed by atoms with Crippen molar-refractivity contribution in [1.29, 1.82) is 5.41 Å². The molecule has 1 aliphatic heterocycles. The number of amidine groups is 1. The fourth-order valence-corrected chi connectivity index (χ4v) is 7.71. The monoisotopic (exact) mass is 725 g/mol. The smallest absolute Gasteiger partial charge is 0.444 e. The third-order valence-corrected chi connectivity index (χ3v) is 10.2. The third kappa shape index (κ3) is 10.0. The van der Waals surface area contributed by atoms with Crippen LogP contribution in [0.3, 0.4) is 0 Å². The van der Waals surface area contributed by atoms with Gasteiger partial charge in [-0.1, -0.05) is 91.0 Å². The Labute approximate surface area is 303 Å². The van der Waals surface area contributed by atoms with Crippen molar-refractivity contribution < 1.29 is 32.7 Å². The summed E-state index contributed by atoms with van der Waals surface area (Å²) in [6, 6.07) is 30.5. The van der Waals surface area contributed by atoms with Crippen LogP contribution >= 0.6 is 7.60 Å².